The Balaban J connectivity index is 2.60. The van der Waals surface area contributed by atoms with E-state index in [9.17, 15) is 0 Å². The molecule has 0 spiro atoms. The highest BCUT2D eigenvalue weighted by Crippen LogP contribution is 2.17. The average Bonchev–Trinajstić information content (AvgIpc) is 2.33. The molecular formula is C18H29N. The van der Waals surface area contributed by atoms with Gasteiger partial charge in [-0.1, -0.05) is 58.0 Å². The molecule has 0 unspecified atom stereocenters. The maximum absolute atomic E-state index is 3.45. The molecule has 1 aromatic carbocycles. The normalized spacial score (nSPS) is 12.5. The summed E-state index contributed by atoms with van der Waals surface area (Å²) >= 11 is 0. The summed E-state index contributed by atoms with van der Waals surface area (Å²) < 4.78 is 0. The number of nitrogens with one attached hydrogen (secondary N) is 1. The molecule has 1 heteroatoms. The van der Waals surface area contributed by atoms with Crippen molar-refractivity contribution >= 4 is 5.57 Å². The Morgan fingerprint density at radius 2 is 1.95 bits per heavy atom. The van der Waals surface area contributed by atoms with Crippen LogP contribution in [-0.4, -0.2) is 12.6 Å². The topological polar surface area (TPSA) is 12.0 Å². The Morgan fingerprint density at radius 1 is 1.21 bits per heavy atom. The van der Waals surface area contributed by atoms with E-state index in [1.54, 1.807) is 0 Å². The van der Waals surface area contributed by atoms with Crippen LogP contribution >= 0.6 is 0 Å². The van der Waals surface area contributed by atoms with Gasteiger partial charge in [0.15, 0.2) is 0 Å². The summed E-state index contributed by atoms with van der Waals surface area (Å²) in [6.45, 7) is 12.2. The minimum absolute atomic E-state index is 0.572. The molecular weight excluding hydrogens is 230 g/mol. The van der Waals surface area contributed by atoms with Crippen molar-refractivity contribution in [1.29, 1.82) is 0 Å². The van der Waals surface area contributed by atoms with Crippen LogP contribution in [0.15, 0.2) is 30.3 Å². The van der Waals surface area contributed by atoms with Gasteiger partial charge in [-0.3, -0.25) is 0 Å². The first-order valence-corrected chi connectivity index (χ1v) is 7.48. The van der Waals surface area contributed by atoms with Crippen molar-refractivity contribution in [3.05, 3.63) is 41.5 Å². The van der Waals surface area contributed by atoms with E-state index in [0.29, 0.717) is 6.04 Å². The van der Waals surface area contributed by atoms with Crippen molar-refractivity contribution in [2.45, 2.75) is 53.5 Å². The maximum Gasteiger partial charge on any atom is 0.00105 e. The molecule has 106 valence electrons. The quantitative estimate of drug-likeness (QED) is 0.701. The van der Waals surface area contributed by atoms with Gasteiger partial charge >= 0.3 is 0 Å². The van der Waals surface area contributed by atoms with Crippen molar-refractivity contribution in [1.82, 2.24) is 5.32 Å². The monoisotopic (exact) mass is 259 g/mol. The van der Waals surface area contributed by atoms with Crippen LogP contribution in [0.4, 0.5) is 0 Å². The van der Waals surface area contributed by atoms with E-state index in [1.807, 2.05) is 0 Å². The first-order chi connectivity index (χ1) is 8.99. The lowest BCUT2D eigenvalue weighted by Crippen LogP contribution is -2.23. The Kier molecular flexibility index (Phi) is 6.86. The second-order valence-electron chi connectivity index (χ2n) is 6.08. The highest BCUT2D eigenvalue weighted by atomic mass is 14.9. The third-order valence-electron chi connectivity index (χ3n) is 3.17. The molecule has 19 heavy (non-hydrogen) atoms. The lowest BCUT2D eigenvalue weighted by molar-refractivity contribution is 0.595. The molecule has 0 saturated carbocycles. The molecule has 0 aliphatic carbocycles. The first kappa shape index (κ1) is 16.0. The molecule has 0 aromatic heterocycles. The zero-order valence-corrected chi connectivity index (χ0v) is 13.2. The fourth-order valence-corrected chi connectivity index (χ4v) is 2.19. The van der Waals surface area contributed by atoms with Gasteiger partial charge in [0, 0.05) is 6.04 Å². The number of allylic oxidation sites excluding steroid dienone is 1. The zero-order chi connectivity index (χ0) is 14.3. The van der Waals surface area contributed by atoms with Crippen LogP contribution in [0.5, 0.6) is 0 Å². The van der Waals surface area contributed by atoms with Crippen LogP contribution in [0, 0.1) is 5.92 Å². The van der Waals surface area contributed by atoms with Gasteiger partial charge in [0.1, 0.15) is 0 Å². The van der Waals surface area contributed by atoms with Crippen LogP contribution in [0.25, 0.3) is 5.57 Å². The Hall–Kier alpha value is -1.08. The molecule has 0 amide bonds. The van der Waals surface area contributed by atoms with Crippen LogP contribution in [0.3, 0.4) is 0 Å². The van der Waals surface area contributed by atoms with E-state index < -0.39 is 0 Å². The molecule has 0 saturated heterocycles. The summed E-state index contributed by atoms with van der Waals surface area (Å²) in [5.74, 6) is 0.717. The Bertz CT molecular complexity index is 402. The van der Waals surface area contributed by atoms with Gasteiger partial charge in [-0.15, -0.1) is 0 Å². The molecule has 1 nitrogen and oxygen atoms in total. The molecule has 1 aromatic rings. The molecule has 0 atom stereocenters. The lowest BCUT2D eigenvalue weighted by atomic mass is 9.98. The number of benzene rings is 1. The van der Waals surface area contributed by atoms with Crippen molar-refractivity contribution in [3.63, 3.8) is 0 Å². The van der Waals surface area contributed by atoms with Gasteiger partial charge in [-0.25, -0.2) is 0 Å². The van der Waals surface area contributed by atoms with Crippen LogP contribution < -0.4 is 5.32 Å². The Morgan fingerprint density at radius 3 is 2.58 bits per heavy atom. The van der Waals surface area contributed by atoms with Crippen LogP contribution in [0.2, 0.25) is 0 Å². The minimum Gasteiger partial charge on any atom is -0.314 e. The van der Waals surface area contributed by atoms with E-state index >= 15 is 0 Å². The van der Waals surface area contributed by atoms with Crippen LogP contribution in [-0.2, 0) is 6.42 Å². The maximum atomic E-state index is 3.45. The standard InChI is InChI=1S/C18H29N/c1-14(2)12-17-9-6-10-18(13-17)16(5)8-7-11-19-15(3)4/h6,8-10,13-15,19H,7,11-12H2,1-5H3/b16-8+. The largest absolute Gasteiger partial charge is 0.314 e. The molecule has 0 fully saturated rings. The highest BCUT2D eigenvalue weighted by Gasteiger charge is 2.01. The van der Waals surface area contributed by atoms with E-state index in [2.05, 4.69) is 70.3 Å². The Labute approximate surface area is 119 Å². The van der Waals surface area contributed by atoms with E-state index in [0.717, 1.165) is 25.3 Å². The zero-order valence-electron chi connectivity index (χ0n) is 13.2. The first-order valence-electron chi connectivity index (χ1n) is 7.48. The van der Waals surface area contributed by atoms with Crippen molar-refractivity contribution in [3.8, 4) is 0 Å². The summed E-state index contributed by atoms with van der Waals surface area (Å²) in [5, 5.41) is 3.45. The smallest absolute Gasteiger partial charge is 0.00105 e. The molecule has 1 rings (SSSR count). The van der Waals surface area contributed by atoms with Gasteiger partial charge in [0.25, 0.3) is 0 Å². The molecule has 0 aliphatic heterocycles. The van der Waals surface area contributed by atoms with Gasteiger partial charge in [-0.2, -0.15) is 0 Å². The second kappa shape index (κ2) is 8.16. The average molecular weight is 259 g/mol. The van der Waals surface area contributed by atoms with Crippen molar-refractivity contribution in [2.75, 3.05) is 6.54 Å². The number of rotatable bonds is 7. The molecule has 0 heterocycles. The van der Waals surface area contributed by atoms with E-state index in [1.165, 1.54) is 16.7 Å². The fraction of sp³-hybridized carbons (Fsp3) is 0.556. The van der Waals surface area contributed by atoms with Crippen molar-refractivity contribution in [2.24, 2.45) is 5.92 Å². The predicted octanol–water partition coefficient (Wildman–Crippen LogP) is 4.68. The SMILES string of the molecule is C/C(=C\CCNC(C)C)c1cccc(CC(C)C)c1. The molecule has 0 bridgehead atoms. The predicted molar refractivity (Wildman–Crippen MR) is 86.4 cm³/mol. The number of hydrogen-bond donors (Lipinski definition) is 1. The summed E-state index contributed by atoms with van der Waals surface area (Å²) in [7, 11) is 0. The van der Waals surface area contributed by atoms with E-state index in [4.69, 9.17) is 0 Å². The lowest BCUT2D eigenvalue weighted by Gasteiger charge is -2.09. The highest BCUT2D eigenvalue weighted by molar-refractivity contribution is 5.64. The molecule has 1 N–H and O–H groups in total. The summed E-state index contributed by atoms with van der Waals surface area (Å²) in [4.78, 5) is 0. The third-order valence-corrected chi connectivity index (χ3v) is 3.17. The van der Waals surface area contributed by atoms with Crippen LogP contribution in [0.1, 0.15) is 52.2 Å². The second-order valence-corrected chi connectivity index (χ2v) is 6.08. The summed E-state index contributed by atoms with van der Waals surface area (Å²) in [5.41, 5.74) is 4.19. The molecule has 0 radical (unpaired) electrons. The van der Waals surface area contributed by atoms with E-state index in [-0.39, 0.29) is 0 Å². The molecule has 0 aliphatic rings. The third kappa shape index (κ3) is 6.58. The summed E-state index contributed by atoms with van der Waals surface area (Å²) in [6.07, 6.45) is 4.60. The van der Waals surface area contributed by atoms with Crippen molar-refractivity contribution < 1.29 is 0 Å². The van der Waals surface area contributed by atoms with Gasteiger partial charge < -0.3 is 5.32 Å². The van der Waals surface area contributed by atoms with Gasteiger partial charge in [0.05, 0.1) is 0 Å². The number of hydrogen-bond acceptors (Lipinski definition) is 1. The fourth-order valence-electron chi connectivity index (χ4n) is 2.19. The minimum atomic E-state index is 0.572. The summed E-state index contributed by atoms with van der Waals surface area (Å²) in [6, 6.07) is 9.53. The van der Waals surface area contributed by atoms with Gasteiger partial charge in [0.2, 0.25) is 0 Å². The van der Waals surface area contributed by atoms with Gasteiger partial charge in [-0.05, 0) is 48.9 Å².